The zero-order valence-corrected chi connectivity index (χ0v) is 8.68. The van der Waals surface area contributed by atoms with Crippen molar-refractivity contribution < 1.29 is 13.9 Å². The van der Waals surface area contributed by atoms with Crippen LogP contribution in [0.2, 0.25) is 0 Å². The largest absolute Gasteiger partial charge is 0.395 e. The van der Waals surface area contributed by atoms with Crippen molar-refractivity contribution in [1.29, 1.82) is 0 Å². The highest BCUT2D eigenvalue weighted by molar-refractivity contribution is 5.29. The van der Waals surface area contributed by atoms with E-state index in [-0.39, 0.29) is 19.1 Å². The minimum absolute atomic E-state index is 0.0757. The van der Waals surface area contributed by atoms with E-state index >= 15 is 0 Å². The first-order valence-corrected chi connectivity index (χ1v) is 4.82. The van der Waals surface area contributed by atoms with Gasteiger partial charge in [0.05, 0.1) is 13.2 Å². The van der Waals surface area contributed by atoms with Crippen LogP contribution in [-0.4, -0.2) is 41.2 Å². The Morgan fingerprint density at radius 2 is 2.00 bits per heavy atom. The molecule has 1 heterocycles. The average molecular weight is 232 g/mol. The molecule has 0 bridgehead atoms. The Kier molecular flexibility index (Phi) is 5.00. The predicted octanol–water partition coefficient (Wildman–Crippen LogP) is -0.000900. The lowest BCUT2D eigenvalue weighted by Gasteiger charge is -2.20. The third-order valence-electron chi connectivity index (χ3n) is 1.94. The van der Waals surface area contributed by atoms with Crippen molar-refractivity contribution in [2.24, 2.45) is 5.73 Å². The second-order valence-electron chi connectivity index (χ2n) is 3.16. The molecule has 0 fully saturated rings. The maximum Gasteiger partial charge on any atom is 0.255 e. The highest BCUT2D eigenvalue weighted by atomic mass is 19.3. The van der Waals surface area contributed by atoms with Gasteiger partial charge in [0.1, 0.15) is 0 Å². The van der Waals surface area contributed by atoms with Gasteiger partial charge in [0.2, 0.25) is 5.95 Å². The quantitative estimate of drug-likeness (QED) is 0.722. The maximum absolute atomic E-state index is 12.2. The van der Waals surface area contributed by atoms with Gasteiger partial charge in [-0.1, -0.05) is 0 Å². The number of aliphatic hydroxyl groups excluding tert-OH is 1. The van der Waals surface area contributed by atoms with Gasteiger partial charge < -0.3 is 15.7 Å². The van der Waals surface area contributed by atoms with E-state index in [1.807, 2.05) is 0 Å². The number of alkyl halides is 2. The Morgan fingerprint density at radius 3 is 2.44 bits per heavy atom. The molecular weight excluding hydrogens is 218 g/mol. The van der Waals surface area contributed by atoms with Gasteiger partial charge in [-0.15, -0.1) is 0 Å². The van der Waals surface area contributed by atoms with Crippen LogP contribution in [0.3, 0.4) is 0 Å². The number of halogens is 2. The third kappa shape index (κ3) is 3.67. The van der Waals surface area contributed by atoms with Crippen LogP contribution in [0.15, 0.2) is 12.4 Å². The zero-order valence-electron chi connectivity index (χ0n) is 8.68. The molecule has 90 valence electrons. The Morgan fingerprint density at radius 1 is 1.38 bits per heavy atom. The maximum atomic E-state index is 12.2. The molecule has 5 nitrogen and oxygen atoms in total. The summed E-state index contributed by atoms with van der Waals surface area (Å²) in [4.78, 5) is 9.05. The summed E-state index contributed by atoms with van der Waals surface area (Å²) in [5, 5.41) is 8.75. The standard InChI is InChI=1S/C9H14F2N4O/c10-8(11)6-15(1-2-16)9-13-4-7(3-12)5-14-9/h4-5,8,16H,1-3,6,12H2. The molecule has 0 amide bonds. The summed E-state index contributed by atoms with van der Waals surface area (Å²) < 4.78 is 24.5. The van der Waals surface area contributed by atoms with Crippen LogP contribution in [0, 0.1) is 0 Å². The number of aliphatic hydroxyl groups is 1. The molecule has 3 N–H and O–H groups in total. The van der Waals surface area contributed by atoms with Crippen molar-refractivity contribution in [2.45, 2.75) is 13.0 Å². The molecule has 16 heavy (non-hydrogen) atoms. The number of anilines is 1. The van der Waals surface area contributed by atoms with Crippen LogP contribution in [0.5, 0.6) is 0 Å². The molecule has 0 aliphatic carbocycles. The van der Waals surface area contributed by atoms with E-state index in [0.29, 0.717) is 6.54 Å². The van der Waals surface area contributed by atoms with E-state index in [9.17, 15) is 8.78 Å². The van der Waals surface area contributed by atoms with Crippen molar-refractivity contribution in [3.8, 4) is 0 Å². The molecule has 0 saturated carbocycles. The Labute approximate surface area is 91.9 Å². The third-order valence-corrected chi connectivity index (χ3v) is 1.94. The highest BCUT2D eigenvalue weighted by Crippen LogP contribution is 2.09. The van der Waals surface area contributed by atoms with Crippen LogP contribution in [0.25, 0.3) is 0 Å². The second-order valence-corrected chi connectivity index (χ2v) is 3.16. The lowest BCUT2D eigenvalue weighted by molar-refractivity contribution is 0.152. The molecule has 1 aromatic rings. The van der Waals surface area contributed by atoms with E-state index in [1.165, 1.54) is 17.3 Å². The molecule has 0 aliphatic rings. The van der Waals surface area contributed by atoms with Gasteiger partial charge in [0.15, 0.2) is 0 Å². The fourth-order valence-electron chi connectivity index (χ4n) is 1.18. The fraction of sp³-hybridized carbons (Fsp3) is 0.556. The number of rotatable bonds is 6. The van der Waals surface area contributed by atoms with Crippen LogP contribution in [0.1, 0.15) is 5.56 Å². The molecule has 0 radical (unpaired) electrons. The normalized spacial score (nSPS) is 10.8. The molecule has 0 aromatic carbocycles. The van der Waals surface area contributed by atoms with Crippen LogP contribution >= 0.6 is 0 Å². The van der Waals surface area contributed by atoms with Gasteiger partial charge in [0.25, 0.3) is 6.43 Å². The number of nitrogens with zero attached hydrogens (tertiary/aromatic N) is 3. The first kappa shape index (κ1) is 12.7. The first-order valence-electron chi connectivity index (χ1n) is 4.82. The van der Waals surface area contributed by atoms with Crippen molar-refractivity contribution in [2.75, 3.05) is 24.6 Å². The Balaban J connectivity index is 2.75. The zero-order chi connectivity index (χ0) is 12.0. The molecule has 7 heteroatoms. The lowest BCUT2D eigenvalue weighted by atomic mass is 10.3. The van der Waals surface area contributed by atoms with Crippen LogP contribution in [0.4, 0.5) is 14.7 Å². The van der Waals surface area contributed by atoms with Crippen molar-refractivity contribution in [3.05, 3.63) is 18.0 Å². The highest BCUT2D eigenvalue weighted by Gasteiger charge is 2.14. The molecule has 0 spiro atoms. The molecule has 0 aliphatic heterocycles. The molecule has 0 saturated heterocycles. The minimum Gasteiger partial charge on any atom is -0.395 e. The SMILES string of the molecule is NCc1cnc(N(CCO)CC(F)F)nc1. The fourth-order valence-corrected chi connectivity index (χ4v) is 1.18. The van der Waals surface area contributed by atoms with Gasteiger partial charge in [0, 0.05) is 31.0 Å². The van der Waals surface area contributed by atoms with E-state index in [2.05, 4.69) is 9.97 Å². The Hall–Kier alpha value is -1.34. The average Bonchev–Trinajstić information content (AvgIpc) is 2.28. The number of aromatic nitrogens is 2. The summed E-state index contributed by atoms with van der Waals surface area (Å²) in [5.74, 6) is 0.173. The van der Waals surface area contributed by atoms with Crippen LogP contribution in [-0.2, 0) is 6.54 Å². The van der Waals surface area contributed by atoms with Gasteiger partial charge in [-0.3, -0.25) is 0 Å². The predicted molar refractivity (Wildman–Crippen MR) is 55.2 cm³/mol. The summed E-state index contributed by atoms with van der Waals surface area (Å²) in [5.41, 5.74) is 6.09. The summed E-state index contributed by atoms with van der Waals surface area (Å²) in [7, 11) is 0. The van der Waals surface area contributed by atoms with E-state index < -0.39 is 13.0 Å². The second kappa shape index (κ2) is 6.29. The molecule has 0 unspecified atom stereocenters. The smallest absolute Gasteiger partial charge is 0.255 e. The summed E-state index contributed by atoms with van der Waals surface area (Å²) in [6.45, 7) is -0.349. The van der Waals surface area contributed by atoms with Crippen LogP contribution < -0.4 is 10.6 Å². The van der Waals surface area contributed by atoms with Gasteiger partial charge in [-0.05, 0) is 0 Å². The van der Waals surface area contributed by atoms with Crippen molar-refractivity contribution >= 4 is 5.95 Å². The number of hydrogen-bond donors (Lipinski definition) is 2. The van der Waals surface area contributed by atoms with Crippen molar-refractivity contribution in [1.82, 2.24) is 9.97 Å². The molecule has 1 rings (SSSR count). The lowest BCUT2D eigenvalue weighted by Crippen LogP contribution is -2.33. The topological polar surface area (TPSA) is 75.3 Å². The monoisotopic (exact) mass is 232 g/mol. The van der Waals surface area contributed by atoms with E-state index in [0.717, 1.165) is 5.56 Å². The van der Waals surface area contributed by atoms with Gasteiger partial charge >= 0.3 is 0 Å². The molecular formula is C9H14F2N4O. The van der Waals surface area contributed by atoms with Gasteiger partial charge in [-0.25, -0.2) is 18.7 Å². The summed E-state index contributed by atoms with van der Waals surface area (Å²) in [6, 6.07) is 0. The minimum atomic E-state index is -2.50. The van der Waals surface area contributed by atoms with E-state index in [1.54, 1.807) is 0 Å². The summed E-state index contributed by atoms with van der Waals surface area (Å²) in [6.07, 6.45) is 0.473. The number of nitrogens with two attached hydrogens (primary N) is 1. The molecule has 1 aromatic heterocycles. The first-order chi connectivity index (χ1) is 7.67. The molecule has 0 atom stereocenters. The number of hydrogen-bond acceptors (Lipinski definition) is 5. The Bertz CT molecular complexity index is 307. The van der Waals surface area contributed by atoms with Crippen molar-refractivity contribution in [3.63, 3.8) is 0 Å². The summed E-state index contributed by atoms with van der Waals surface area (Å²) >= 11 is 0. The van der Waals surface area contributed by atoms with E-state index in [4.69, 9.17) is 10.8 Å². The van der Waals surface area contributed by atoms with Gasteiger partial charge in [-0.2, -0.15) is 0 Å².